The van der Waals surface area contributed by atoms with Gasteiger partial charge in [-0.25, -0.2) is 9.78 Å². The van der Waals surface area contributed by atoms with Gasteiger partial charge in [-0.05, 0) is 25.8 Å². The molecule has 2 heterocycles. The third-order valence-corrected chi connectivity index (χ3v) is 3.32. The maximum atomic E-state index is 11.2. The van der Waals surface area contributed by atoms with E-state index in [0.717, 1.165) is 25.9 Å². The number of pyridine rings is 1. The highest BCUT2D eigenvalue weighted by atomic mass is 16.5. The summed E-state index contributed by atoms with van der Waals surface area (Å²) in [4.78, 5) is 17.3. The van der Waals surface area contributed by atoms with Crippen molar-refractivity contribution in [3.05, 3.63) is 17.8 Å². The van der Waals surface area contributed by atoms with Crippen molar-refractivity contribution < 1.29 is 14.6 Å². The van der Waals surface area contributed by atoms with Gasteiger partial charge in [-0.2, -0.15) is 0 Å². The number of rotatable bonds is 4. The molecule has 1 aromatic rings. The van der Waals surface area contributed by atoms with Crippen LogP contribution in [0.25, 0.3) is 0 Å². The molecular formula is C13H19N3O3. The van der Waals surface area contributed by atoms with Gasteiger partial charge in [-0.3, -0.25) is 0 Å². The van der Waals surface area contributed by atoms with Crippen molar-refractivity contribution in [2.24, 2.45) is 0 Å². The first-order chi connectivity index (χ1) is 9.11. The molecule has 1 aromatic heterocycles. The van der Waals surface area contributed by atoms with Gasteiger partial charge < -0.3 is 20.5 Å². The summed E-state index contributed by atoms with van der Waals surface area (Å²) in [7, 11) is 0. The lowest BCUT2D eigenvalue weighted by atomic mass is 10.1. The third kappa shape index (κ3) is 3.14. The molecule has 0 bridgehead atoms. The highest BCUT2D eigenvalue weighted by Crippen LogP contribution is 2.25. The fourth-order valence-electron chi connectivity index (χ4n) is 2.39. The molecule has 1 saturated heterocycles. The van der Waals surface area contributed by atoms with Crippen LogP contribution in [0.2, 0.25) is 0 Å². The maximum absolute atomic E-state index is 11.2. The van der Waals surface area contributed by atoms with Gasteiger partial charge in [0.15, 0.2) is 0 Å². The number of carboxylic acid groups (broad SMARTS) is 1. The first-order valence-corrected chi connectivity index (χ1v) is 6.47. The number of hydrogen-bond donors (Lipinski definition) is 2. The molecule has 0 radical (unpaired) electrons. The van der Waals surface area contributed by atoms with Crippen LogP contribution < -0.4 is 10.6 Å². The zero-order valence-electron chi connectivity index (χ0n) is 11.0. The van der Waals surface area contributed by atoms with Gasteiger partial charge in [0.2, 0.25) is 0 Å². The van der Waals surface area contributed by atoms with Crippen LogP contribution >= 0.6 is 0 Å². The van der Waals surface area contributed by atoms with Gasteiger partial charge in [0.1, 0.15) is 5.82 Å². The zero-order chi connectivity index (χ0) is 13.8. The SMILES string of the molecule is CCOC1CCN(c2cnc(N)cc2C(=O)O)CC1. The monoisotopic (exact) mass is 265 g/mol. The molecule has 0 amide bonds. The normalized spacial score (nSPS) is 16.6. The smallest absolute Gasteiger partial charge is 0.338 e. The molecule has 6 heteroatoms. The van der Waals surface area contributed by atoms with Crippen molar-refractivity contribution in [3.8, 4) is 0 Å². The van der Waals surface area contributed by atoms with Crippen molar-refractivity contribution >= 4 is 17.5 Å². The predicted octanol–water partition coefficient (Wildman–Crippen LogP) is 1.37. The number of nitrogen functional groups attached to an aromatic ring is 1. The van der Waals surface area contributed by atoms with Crippen molar-refractivity contribution in [2.45, 2.75) is 25.9 Å². The number of piperidine rings is 1. The van der Waals surface area contributed by atoms with Crippen LogP contribution in [-0.2, 0) is 4.74 Å². The molecule has 0 saturated carbocycles. The molecule has 104 valence electrons. The predicted molar refractivity (Wildman–Crippen MR) is 72.5 cm³/mol. The number of hydrogen-bond acceptors (Lipinski definition) is 5. The van der Waals surface area contributed by atoms with E-state index in [2.05, 4.69) is 4.98 Å². The van der Waals surface area contributed by atoms with Crippen LogP contribution in [0.1, 0.15) is 30.1 Å². The molecule has 3 N–H and O–H groups in total. The van der Waals surface area contributed by atoms with Crippen LogP contribution in [0.15, 0.2) is 12.3 Å². The van der Waals surface area contributed by atoms with Crippen molar-refractivity contribution in [1.82, 2.24) is 4.98 Å². The number of anilines is 2. The highest BCUT2D eigenvalue weighted by Gasteiger charge is 2.23. The molecular weight excluding hydrogens is 246 g/mol. The van der Waals surface area contributed by atoms with Gasteiger partial charge in [-0.15, -0.1) is 0 Å². The number of carbonyl (C=O) groups is 1. The van der Waals surface area contributed by atoms with E-state index in [1.54, 1.807) is 6.20 Å². The molecule has 6 nitrogen and oxygen atoms in total. The zero-order valence-corrected chi connectivity index (χ0v) is 11.0. The summed E-state index contributed by atoms with van der Waals surface area (Å²) in [5.41, 5.74) is 6.39. The summed E-state index contributed by atoms with van der Waals surface area (Å²) in [6.45, 7) is 4.25. The van der Waals surface area contributed by atoms with Crippen LogP contribution in [0, 0.1) is 0 Å². The van der Waals surface area contributed by atoms with Gasteiger partial charge in [0, 0.05) is 19.7 Å². The molecule has 2 rings (SSSR count). The standard InChI is InChI=1S/C13H19N3O3/c1-2-19-9-3-5-16(6-4-9)11-8-15-12(14)7-10(11)13(17)18/h7-9H,2-6H2,1H3,(H2,14,15)(H,17,18). The average molecular weight is 265 g/mol. The molecule has 1 fully saturated rings. The Morgan fingerprint density at radius 1 is 1.58 bits per heavy atom. The topological polar surface area (TPSA) is 88.7 Å². The summed E-state index contributed by atoms with van der Waals surface area (Å²) in [5, 5.41) is 9.22. The Kier molecular flexibility index (Phi) is 4.21. The first kappa shape index (κ1) is 13.6. The summed E-state index contributed by atoms with van der Waals surface area (Å²) < 4.78 is 5.59. The van der Waals surface area contributed by atoms with E-state index in [1.807, 2.05) is 11.8 Å². The molecule has 0 aliphatic carbocycles. The van der Waals surface area contributed by atoms with Gasteiger partial charge in [0.05, 0.1) is 23.6 Å². The minimum atomic E-state index is -0.976. The molecule has 0 unspecified atom stereocenters. The summed E-state index contributed by atoms with van der Waals surface area (Å²) in [5.74, 6) is -0.749. The Hall–Kier alpha value is -1.82. The maximum Gasteiger partial charge on any atom is 0.338 e. The fraction of sp³-hybridized carbons (Fsp3) is 0.538. The van der Waals surface area contributed by atoms with Gasteiger partial charge in [0.25, 0.3) is 0 Å². The Morgan fingerprint density at radius 3 is 2.84 bits per heavy atom. The summed E-state index contributed by atoms with van der Waals surface area (Å²) in [6.07, 6.45) is 3.62. The second-order valence-electron chi connectivity index (χ2n) is 4.57. The van der Waals surface area contributed by atoms with E-state index in [4.69, 9.17) is 10.5 Å². The van der Waals surface area contributed by atoms with E-state index in [9.17, 15) is 9.90 Å². The second-order valence-corrected chi connectivity index (χ2v) is 4.57. The van der Waals surface area contributed by atoms with Gasteiger partial charge >= 0.3 is 5.97 Å². The average Bonchev–Trinajstić information content (AvgIpc) is 2.40. The van der Waals surface area contributed by atoms with E-state index >= 15 is 0 Å². The lowest BCUT2D eigenvalue weighted by molar-refractivity contribution is 0.0459. The largest absolute Gasteiger partial charge is 0.478 e. The minimum Gasteiger partial charge on any atom is -0.478 e. The third-order valence-electron chi connectivity index (χ3n) is 3.32. The molecule has 0 spiro atoms. The van der Waals surface area contributed by atoms with Crippen LogP contribution in [0.3, 0.4) is 0 Å². The minimum absolute atomic E-state index is 0.211. The summed E-state index contributed by atoms with van der Waals surface area (Å²) >= 11 is 0. The van der Waals surface area contributed by atoms with Crippen molar-refractivity contribution in [1.29, 1.82) is 0 Å². The molecule has 19 heavy (non-hydrogen) atoms. The highest BCUT2D eigenvalue weighted by molar-refractivity contribution is 5.95. The first-order valence-electron chi connectivity index (χ1n) is 6.47. The molecule has 1 aliphatic heterocycles. The number of ether oxygens (including phenoxy) is 1. The van der Waals surface area contributed by atoms with Crippen LogP contribution in [0.5, 0.6) is 0 Å². The second kappa shape index (κ2) is 5.88. The quantitative estimate of drug-likeness (QED) is 0.854. The van der Waals surface area contributed by atoms with Gasteiger partial charge in [-0.1, -0.05) is 0 Å². The number of nitrogens with two attached hydrogens (primary N) is 1. The number of aromatic nitrogens is 1. The fourth-order valence-corrected chi connectivity index (χ4v) is 2.39. The Morgan fingerprint density at radius 2 is 2.26 bits per heavy atom. The Balaban J connectivity index is 2.13. The van der Waals surface area contributed by atoms with Crippen LogP contribution in [0.4, 0.5) is 11.5 Å². The number of carboxylic acids is 1. The van der Waals surface area contributed by atoms with E-state index in [0.29, 0.717) is 12.3 Å². The number of nitrogens with zero attached hydrogens (tertiary/aromatic N) is 2. The Labute approximate surface area is 112 Å². The van der Waals surface area contributed by atoms with Crippen LogP contribution in [-0.4, -0.2) is 41.9 Å². The Bertz CT molecular complexity index is 456. The van der Waals surface area contributed by atoms with Crippen molar-refractivity contribution in [2.75, 3.05) is 30.3 Å². The molecule has 0 aromatic carbocycles. The van der Waals surface area contributed by atoms with E-state index in [1.165, 1.54) is 6.07 Å². The van der Waals surface area contributed by atoms with E-state index < -0.39 is 5.97 Å². The van der Waals surface area contributed by atoms with E-state index in [-0.39, 0.29) is 17.5 Å². The lowest BCUT2D eigenvalue weighted by Crippen LogP contribution is -2.38. The summed E-state index contributed by atoms with van der Waals surface area (Å²) in [6, 6.07) is 1.41. The lowest BCUT2D eigenvalue weighted by Gasteiger charge is -2.33. The molecule has 1 aliphatic rings. The number of aromatic carboxylic acids is 1. The van der Waals surface area contributed by atoms with Crippen molar-refractivity contribution in [3.63, 3.8) is 0 Å². The molecule has 0 atom stereocenters.